The van der Waals surface area contributed by atoms with Crippen LogP contribution in [0.2, 0.25) is 0 Å². The first-order valence-corrected chi connectivity index (χ1v) is 12.6. The number of hydrogen-bond acceptors (Lipinski definition) is 5. The minimum atomic E-state index is -1.01. The second-order valence-corrected chi connectivity index (χ2v) is 9.96. The third kappa shape index (κ3) is 7.08. The average Bonchev–Trinajstić information content (AvgIpc) is 2.94. The van der Waals surface area contributed by atoms with Gasteiger partial charge in [-0.15, -0.1) is 0 Å². The van der Waals surface area contributed by atoms with E-state index in [9.17, 15) is 14.4 Å². The number of nitrogens with zero attached hydrogens (tertiary/aromatic N) is 2. The van der Waals surface area contributed by atoms with Crippen molar-refractivity contribution in [2.24, 2.45) is 5.41 Å². The largest absolute Gasteiger partial charge is 0.351 e. The quantitative estimate of drug-likeness (QED) is 0.516. The van der Waals surface area contributed by atoms with E-state index in [1.54, 1.807) is 21.9 Å². The van der Waals surface area contributed by atoms with Crippen LogP contribution in [-0.4, -0.2) is 56.5 Å². The van der Waals surface area contributed by atoms with Crippen molar-refractivity contribution < 1.29 is 23.9 Å². The molecule has 1 aliphatic rings. The second-order valence-electron chi connectivity index (χ2n) is 9.96. The summed E-state index contributed by atoms with van der Waals surface area (Å²) in [5, 5.41) is 5.59. The van der Waals surface area contributed by atoms with E-state index in [0.29, 0.717) is 30.3 Å². The van der Waals surface area contributed by atoms with Gasteiger partial charge in [-0.05, 0) is 50.6 Å². The Hall–Kier alpha value is -3.43. The lowest BCUT2D eigenvalue weighted by molar-refractivity contribution is -0.136. The van der Waals surface area contributed by atoms with Gasteiger partial charge in [0.05, 0.1) is 24.5 Å². The Morgan fingerprint density at radius 3 is 2.27 bits per heavy atom. The highest BCUT2D eigenvalue weighted by molar-refractivity contribution is 6.09. The molecule has 0 spiro atoms. The summed E-state index contributed by atoms with van der Waals surface area (Å²) in [7, 11) is 0. The van der Waals surface area contributed by atoms with E-state index in [2.05, 4.69) is 10.6 Å². The molecule has 0 saturated heterocycles. The number of para-hydroxylation sites is 2. The molecule has 1 atom stereocenters. The molecule has 9 heteroatoms. The first-order chi connectivity index (χ1) is 17.5. The summed E-state index contributed by atoms with van der Waals surface area (Å²) < 4.78 is 11.5. The predicted octanol–water partition coefficient (Wildman–Crippen LogP) is 4.31. The van der Waals surface area contributed by atoms with Crippen LogP contribution >= 0.6 is 0 Å². The number of aryl methyl sites for hydroxylation is 1. The monoisotopic (exact) mass is 510 g/mol. The highest BCUT2D eigenvalue weighted by Gasteiger charge is 2.40. The molecule has 2 aromatic rings. The molecule has 0 saturated carbocycles. The number of carbonyl (C=O) groups excluding carboxylic acids is 3. The van der Waals surface area contributed by atoms with E-state index >= 15 is 0 Å². The van der Waals surface area contributed by atoms with E-state index in [-0.39, 0.29) is 24.9 Å². The van der Waals surface area contributed by atoms with Crippen LogP contribution in [0.25, 0.3) is 0 Å². The number of anilines is 3. The lowest BCUT2D eigenvalue weighted by atomic mass is 9.94. The number of rotatable bonds is 8. The fourth-order valence-electron chi connectivity index (χ4n) is 4.20. The maximum absolute atomic E-state index is 13.9. The Morgan fingerprint density at radius 2 is 1.68 bits per heavy atom. The van der Waals surface area contributed by atoms with Gasteiger partial charge in [-0.3, -0.25) is 9.59 Å². The molecule has 0 radical (unpaired) electrons. The molecule has 9 nitrogen and oxygen atoms in total. The number of benzene rings is 2. The van der Waals surface area contributed by atoms with E-state index in [4.69, 9.17) is 9.47 Å². The number of fused-ring (bicyclic) bond motifs is 1. The minimum absolute atomic E-state index is 0.0162. The summed E-state index contributed by atoms with van der Waals surface area (Å²) >= 11 is 0. The van der Waals surface area contributed by atoms with Gasteiger partial charge in [0.25, 0.3) is 5.91 Å². The summed E-state index contributed by atoms with van der Waals surface area (Å²) in [5.41, 5.74) is 2.03. The van der Waals surface area contributed by atoms with E-state index in [0.717, 1.165) is 5.56 Å². The lowest BCUT2D eigenvalue weighted by Crippen LogP contribution is -2.55. The van der Waals surface area contributed by atoms with Crippen LogP contribution in [0.3, 0.4) is 0 Å². The Balaban J connectivity index is 2.00. The molecule has 0 bridgehead atoms. The van der Waals surface area contributed by atoms with Gasteiger partial charge in [-0.1, -0.05) is 45.0 Å². The highest BCUT2D eigenvalue weighted by atomic mass is 16.7. The highest BCUT2D eigenvalue weighted by Crippen LogP contribution is 2.35. The van der Waals surface area contributed by atoms with Crippen LogP contribution in [0.4, 0.5) is 21.9 Å². The molecule has 0 aromatic heterocycles. The zero-order valence-corrected chi connectivity index (χ0v) is 22.5. The van der Waals surface area contributed by atoms with Crippen LogP contribution in [0, 0.1) is 12.3 Å². The minimum Gasteiger partial charge on any atom is -0.351 e. The van der Waals surface area contributed by atoms with Crippen molar-refractivity contribution in [1.82, 2.24) is 5.32 Å². The van der Waals surface area contributed by atoms with Crippen molar-refractivity contribution in [2.75, 3.05) is 41.4 Å². The Morgan fingerprint density at radius 1 is 1.03 bits per heavy atom. The van der Waals surface area contributed by atoms with Gasteiger partial charge in [0, 0.05) is 24.3 Å². The molecule has 37 heavy (non-hydrogen) atoms. The second kappa shape index (κ2) is 12.2. The molecule has 0 aliphatic carbocycles. The van der Waals surface area contributed by atoms with Crippen LogP contribution in [-0.2, 0) is 19.1 Å². The molecule has 4 amide bonds. The van der Waals surface area contributed by atoms with E-state index < -0.39 is 23.8 Å². The molecule has 3 rings (SSSR count). The van der Waals surface area contributed by atoms with Crippen molar-refractivity contribution in [3.63, 3.8) is 0 Å². The third-order valence-electron chi connectivity index (χ3n) is 5.90. The summed E-state index contributed by atoms with van der Waals surface area (Å²) in [6.07, 6.45) is -0.668. The van der Waals surface area contributed by atoms with E-state index in [1.165, 1.54) is 0 Å². The van der Waals surface area contributed by atoms with Crippen molar-refractivity contribution in [2.45, 2.75) is 53.9 Å². The molecule has 0 fully saturated rings. The molecule has 2 N–H and O–H groups in total. The number of urea groups is 1. The summed E-state index contributed by atoms with van der Waals surface area (Å²) in [6.45, 7) is 12.0. The van der Waals surface area contributed by atoms with Crippen LogP contribution < -0.4 is 20.4 Å². The SMILES string of the molecule is CCOC(CN1C(=O)C(NC(=O)Nc2cccc(C)c2)CN(C(=O)C(C)(C)C)c2ccccc21)OCC. The standard InChI is InChI=1S/C28H38N4O5/c1-7-36-24(37-8-2)18-31-22-14-9-10-15-23(22)32(26(34)28(4,5)6)17-21(25(31)33)30-27(35)29-20-13-11-12-19(3)16-20/h9-16,21,24H,7-8,17-18H2,1-6H3,(H2,29,30,35). The maximum atomic E-state index is 13.9. The first kappa shape index (κ1) is 28.1. The maximum Gasteiger partial charge on any atom is 0.319 e. The fourth-order valence-corrected chi connectivity index (χ4v) is 4.20. The fraction of sp³-hybridized carbons (Fsp3) is 0.464. The van der Waals surface area contributed by atoms with Crippen molar-refractivity contribution in [3.8, 4) is 0 Å². The normalized spacial score (nSPS) is 15.9. The number of nitrogens with one attached hydrogen (secondary N) is 2. The first-order valence-electron chi connectivity index (χ1n) is 12.6. The summed E-state index contributed by atoms with van der Waals surface area (Å²) in [4.78, 5) is 43.6. The molecular formula is C28H38N4O5. The molecule has 200 valence electrons. The summed E-state index contributed by atoms with van der Waals surface area (Å²) in [6, 6.07) is 13.1. The van der Waals surface area contributed by atoms with Gasteiger partial charge in [0.15, 0.2) is 6.29 Å². The van der Waals surface area contributed by atoms with Crippen molar-refractivity contribution >= 4 is 34.9 Å². The number of hydrogen-bond donors (Lipinski definition) is 2. The van der Waals surface area contributed by atoms with Gasteiger partial charge in [0.2, 0.25) is 5.91 Å². The van der Waals surface area contributed by atoms with Gasteiger partial charge in [-0.2, -0.15) is 0 Å². The van der Waals surface area contributed by atoms with Gasteiger partial charge in [-0.25, -0.2) is 4.79 Å². The molecule has 1 aliphatic heterocycles. The van der Waals surface area contributed by atoms with E-state index in [1.807, 2.05) is 77.9 Å². The topological polar surface area (TPSA) is 100 Å². The number of amides is 4. The zero-order chi connectivity index (χ0) is 27.2. The Labute approximate surface area is 219 Å². The lowest BCUT2D eigenvalue weighted by Gasteiger charge is -2.31. The van der Waals surface area contributed by atoms with Gasteiger partial charge < -0.3 is 29.9 Å². The number of carbonyl (C=O) groups is 3. The average molecular weight is 511 g/mol. The molecular weight excluding hydrogens is 472 g/mol. The Kier molecular flexibility index (Phi) is 9.29. The van der Waals surface area contributed by atoms with Crippen LogP contribution in [0.15, 0.2) is 48.5 Å². The third-order valence-corrected chi connectivity index (χ3v) is 5.90. The van der Waals surface area contributed by atoms with Gasteiger partial charge >= 0.3 is 6.03 Å². The van der Waals surface area contributed by atoms with Crippen molar-refractivity contribution in [1.29, 1.82) is 0 Å². The number of ether oxygens (including phenoxy) is 2. The van der Waals surface area contributed by atoms with Crippen LogP contribution in [0.5, 0.6) is 0 Å². The van der Waals surface area contributed by atoms with Crippen molar-refractivity contribution in [3.05, 3.63) is 54.1 Å². The predicted molar refractivity (Wildman–Crippen MR) is 145 cm³/mol. The molecule has 1 heterocycles. The Bertz CT molecular complexity index is 1110. The summed E-state index contributed by atoms with van der Waals surface area (Å²) in [5.74, 6) is -0.521. The smallest absolute Gasteiger partial charge is 0.319 e. The molecule has 1 unspecified atom stereocenters. The zero-order valence-electron chi connectivity index (χ0n) is 22.5. The van der Waals surface area contributed by atoms with Crippen LogP contribution in [0.1, 0.15) is 40.2 Å². The van der Waals surface area contributed by atoms with Gasteiger partial charge in [0.1, 0.15) is 6.04 Å². The molecule has 2 aromatic carbocycles.